The summed E-state index contributed by atoms with van der Waals surface area (Å²) < 4.78 is 0. The van der Waals surface area contributed by atoms with Gasteiger partial charge < -0.3 is 5.11 Å². The normalized spacial score (nSPS) is 10.2. The van der Waals surface area contributed by atoms with Gasteiger partial charge in [0.05, 0.1) is 10.6 Å². The monoisotopic (exact) mass is 266 g/mol. The van der Waals surface area contributed by atoms with Gasteiger partial charge in [-0.1, -0.05) is 11.6 Å². The molecule has 86 valence electrons. The molecule has 17 heavy (non-hydrogen) atoms. The molecule has 0 aromatic carbocycles. The van der Waals surface area contributed by atoms with Gasteiger partial charge in [0.25, 0.3) is 0 Å². The third-order valence-corrected chi connectivity index (χ3v) is 3.30. The lowest BCUT2D eigenvalue weighted by Gasteiger charge is -2.02. The van der Waals surface area contributed by atoms with Crippen molar-refractivity contribution >= 4 is 29.3 Å². The van der Waals surface area contributed by atoms with Crippen molar-refractivity contribution in [1.82, 2.24) is 9.97 Å². The van der Waals surface area contributed by atoms with Gasteiger partial charge in [0.15, 0.2) is 0 Å². The predicted molar refractivity (Wildman–Crippen MR) is 64.6 cm³/mol. The molecule has 2 aromatic rings. The molecule has 0 saturated carbocycles. The van der Waals surface area contributed by atoms with Gasteiger partial charge in [-0.2, -0.15) is 0 Å². The van der Waals surface area contributed by atoms with E-state index in [1.54, 1.807) is 24.4 Å². The smallest absolute Gasteiger partial charge is 0.337 e. The van der Waals surface area contributed by atoms with Gasteiger partial charge in [-0.3, -0.25) is 0 Å². The molecule has 0 amide bonds. The van der Waals surface area contributed by atoms with Crippen molar-refractivity contribution in [2.24, 2.45) is 0 Å². The van der Waals surface area contributed by atoms with Crippen LogP contribution in [0, 0.1) is 0 Å². The molecule has 0 radical (unpaired) electrons. The van der Waals surface area contributed by atoms with Crippen molar-refractivity contribution in [3.63, 3.8) is 0 Å². The number of hydrogen-bond acceptors (Lipinski definition) is 4. The van der Waals surface area contributed by atoms with E-state index < -0.39 is 5.97 Å². The lowest BCUT2D eigenvalue weighted by Crippen LogP contribution is -1.96. The number of aromatic nitrogens is 2. The molecule has 0 aliphatic rings. The first-order valence-corrected chi connectivity index (χ1v) is 5.84. The van der Waals surface area contributed by atoms with Crippen molar-refractivity contribution in [2.45, 2.75) is 10.1 Å². The molecule has 4 nitrogen and oxygen atoms in total. The maximum Gasteiger partial charge on any atom is 0.337 e. The molecule has 6 heteroatoms. The van der Waals surface area contributed by atoms with Crippen LogP contribution in [0.5, 0.6) is 0 Å². The summed E-state index contributed by atoms with van der Waals surface area (Å²) >= 11 is 7.24. The molecule has 2 rings (SSSR count). The summed E-state index contributed by atoms with van der Waals surface area (Å²) in [5.74, 6) is -0.995. The van der Waals surface area contributed by atoms with E-state index in [1.807, 2.05) is 0 Å². The van der Waals surface area contributed by atoms with Crippen molar-refractivity contribution in [1.29, 1.82) is 0 Å². The fourth-order valence-corrected chi connectivity index (χ4v) is 2.07. The van der Waals surface area contributed by atoms with E-state index in [2.05, 4.69) is 9.97 Å². The standard InChI is InChI=1S/C11H7ClN2O2S/c12-8-2-1-5-13-10(8)17-9-4-3-7(6-14-9)11(15)16/h1-6H,(H,15,16). The lowest BCUT2D eigenvalue weighted by atomic mass is 10.3. The van der Waals surface area contributed by atoms with E-state index in [-0.39, 0.29) is 5.56 Å². The van der Waals surface area contributed by atoms with E-state index in [4.69, 9.17) is 16.7 Å². The molecule has 0 unspecified atom stereocenters. The third-order valence-electron chi connectivity index (χ3n) is 1.91. The van der Waals surface area contributed by atoms with Crippen LogP contribution < -0.4 is 0 Å². The van der Waals surface area contributed by atoms with E-state index >= 15 is 0 Å². The fourth-order valence-electron chi connectivity index (χ4n) is 1.11. The highest BCUT2D eigenvalue weighted by molar-refractivity contribution is 7.99. The first-order chi connectivity index (χ1) is 8.16. The molecule has 0 bridgehead atoms. The minimum Gasteiger partial charge on any atom is -0.478 e. The lowest BCUT2D eigenvalue weighted by molar-refractivity contribution is 0.0696. The number of rotatable bonds is 3. The zero-order chi connectivity index (χ0) is 12.3. The number of pyridine rings is 2. The van der Waals surface area contributed by atoms with Gasteiger partial charge in [0.2, 0.25) is 0 Å². The summed E-state index contributed by atoms with van der Waals surface area (Å²) in [5.41, 5.74) is 0.154. The highest BCUT2D eigenvalue weighted by Gasteiger charge is 2.06. The number of carbonyl (C=O) groups is 1. The highest BCUT2D eigenvalue weighted by atomic mass is 35.5. The Bertz CT molecular complexity index is 545. The Morgan fingerprint density at radius 1 is 1.29 bits per heavy atom. The minimum atomic E-state index is -0.995. The Morgan fingerprint density at radius 3 is 2.71 bits per heavy atom. The van der Waals surface area contributed by atoms with Crippen molar-refractivity contribution in [2.75, 3.05) is 0 Å². The molecule has 0 spiro atoms. The van der Waals surface area contributed by atoms with Crippen LogP contribution in [0.25, 0.3) is 0 Å². The molecule has 1 N–H and O–H groups in total. The number of carboxylic acid groups (broad SMARTS) is 1. The zero-order valence-electron chi connectivity index (χ0n) is 8.50. The number of halogens is 1. The van der Waals surface area contributed by atoms with Crippen molar-refractivity contribution in [3.8, 4) is 0 Å². The van der Waals surface area contributed by atoms with Crippen LogP contribution in [0.15, 0.2) is 46.7 Å². The molecule has 0 atom stereocenters. The second-order valence-corrected chi connectivity index (χ2v) is 4.50. The van der Waals surface area contributed by atoms with Gasteiger partial charge in [-0.25, -0.2) is 14.8 Å². The largest absolute Gasteiger partial charge is 0.478 e. The molecular weight excluding hydrogens is 260 g/mol. The van der Waals surface area contributed by atoms with Crippen LogP contribution in [-0.4, -0.2) is 21.0 Å². The van der Waals surface area contributed by atoms with Gasteiger partial charge in [0.1, 0.15) is 10.1 Å². The van der Waals surface area contributed by atoms with E-state index in [0.717, 1.165) is 0 Å². The third kappa shape index (κ3) is 2.95. The first-order valence-electron chi connectivity index (χ1n) is 4.64. The second kappa shape index (κ2) is 5.16. The summed E-state index contributed by atoms with van der Waals surface area (Å²) in [5, 5.41) is 10.6. The molecule has 0 aliphatic carbocycles. The molecule has 0 saturated heterocycles. The Morgan fingerprint density at radius 2 is 2.12 bits per heavy atom. The summed E-state index contributed by atoms with van der Waals surface area (Å²) in [6.45, 7) is 0. The number of nitrogens with zero attached hydrogens (tertiary/aromatic N) is 2. The zero-order valence-corrected chi connectivity index (χ0v) is 10.1. The van der Waals surface area contributed by atoms with Gasteiger partial charge in [-0.05, 0) is 36.0 Å². The SMILES string of the molecule is O=C(O)c1ccc(Sc2ncccc2Cl)nc1. The van der Waals surface area contributed by atoms with Crippen molar-refractivity contribution in [3.05, 3.63) is 47.2 Å². The summed E-state index contributed by atoms with van der Waals surface area (Å²) in [6.07, 6.45) is 2.95. The summed E-state index contributed by atoms with van der Waals surface area (Å²) in [7, 11) is 0. The minimum absolute atomic E-state index is 0.154. The Hall–Kier alpha value is -1.59. The van der Waals surface area contributed by atoms with Crippen molar-refractivity contribution < 1.29 is 9.90 Å². The first kappa shape index (κ1) is 11.9. The van der Waals surface area contributed by atoms with Crippen LogP contribution >= 0.6 is 23.4 Å². The second-order valence-electron chi connectivity index (χ2n) is 3.08. The average Bonchev–Trinajstić information content (AvgIpc) is 2.33. The summed E-state index contributed by atoms with van der Waals surface area (Å²) in [6, 6.07) is 6.60. The molecule has 2 aromatic heterocycles. The van der Waals surface area contributed by atoms with Gasteiger partial charge >= 0.3 is 5.97 Å². The van der Waals surface area contributed by atoms with Crippen LogP contribution in [0.4, 0.5) is 0 Å². The Balaban J connectivity index is 2.20. The van der Waals surface area contributed by atoms with Crippen LogP contribution in [-0.2, 0) is 0 Å². The maximum atomic E-state index is 10.6. The molecule has 2 heterocycles. The molecule has 0 aliphatic heterocycles. The van der Waals surface area contributed by atoms with Crippen LogP contribution in [0.1, 0.15) is 10.4 Å². The number of hydrogen-bond donors (Lipinski definition) is 1. The predicted octanol–water partition coefficient (Wildman–Crippen LogP) is 2.98. The number of aromatic carboxylic acids is 1. The fraction of sp³-hybridized carbons (Fsp3) is 0. The number of carboxylic acids is 1. The Kier molecular flexibility index (Phi) is 3.61. The quantitative estimate of drug-likeness (QED) is 0.925. The van der Waals surface area contributed by atoms with E-state index in [1.165, 1.54) is 24.0 Å². The van der Waals surface area contributed by atoms with E-state index in [9.17, 15) is 4.79 Å². The Labute approximate surface area is 107 Å². The van der Waals surface area contributed by atoms with Crippen LogP contribution in [0.3, 0.4) is 0 Å². The topological polar surface area (TPSA) is 63.1 Å². The average molecular weight is 267 g/mol. The van der Waals surface area contributed by atoms with Gasteiger partial charge in [-0.15, -0.1) is 0 Å². The molecule has 0 fully saturated rings. The highest BCUT2D eigenvalue weighted by Crippen LogP contribution is 2.29. The van der Waals surface area contributed by atoms with Crippen LogP contribution in [0.2, 0.25) is 5.02 Å². The van der Waals surface area contributed by atoms with Gasteiger partial charge in [0, 0.05) is 12.4 Å². The summed E-state index contributed by atoms with van der Waals surface area (Å²) in [4.78, 5) is 18.8. The van der Waals surface area contributed by atoms with E-state index in [0.29, 0.717) is 15.1 Å². The molecular formula is C11H7ClN2O2S. The maximum absolute atomic E-state index is 10.6.